The lowest BCUT2D eigenvalue weighted by atomic mass is 9.86. The van der Waals surface area contributed by atoms with Crippen LogP contribution >= 0.6 is 0 Å². The number of nitrogen functional groups attached to an aromatic ring is 1. The summed E-state index contributed by atoms with van der Waals surface area (Å²) in [5.74, 6) is -0.443. The SMILES string of the molecule is CCOC(=O)C1CCC(NC(=O)c2n[nH]c(C)c2N)CC1. The summed E-state index contributed by atoms with van der Waals surface area (Å²) in [6.45, 7) is 3.98. The topological polar surface area (TPSA) is 110 Å². The third-order valence-electron chi connectivity index (χ3n) is 3.89. The summed E-state index contributed by atoms with van der Waals surface area (Å²) in [6, 6.07) is 0.0552. The van der Waals surface area contributed by atoms with E-state index in [2.05, 4.69) is 15.5 Å². The average molecular weight is 294 g/mol. The van der Waals surface area contributed by atoms with Crippen LogP contribution in [0.1, 0.15) is 48.8 Å². The molecule has 2 rings (SSSR count). The van der Waals surface area contributed by atoms with Crippen LogP contribution in [0.15, 0.2) is 0 Å². The number of H-pyrrole nitrogens is 1. The summed E-state index contributed by atoms with van der Waals surface area (Å²) in [5.41, 5.74) is 7.09. The monoisotopic (exact) mass is 294 g/mol. The molecule has 1 aliphatic carbocycles. The lowest BCUT2D eigenvalue weighted by molar-refractivity contribution is -0.149. The molecule has 1 fully saturated rings. The predicted octanol–water partition coefficient (Wildman–Crippen LogP) is 1.15. The molecule has 0 atom stereocenters. The largest absolute Gasteiger partial charge is 0.466 e. The van der Waals surface area contributed by atoms with Gasteiger partial charge in [0.05, 0.1) is 23.9 Å². The fraction of sp³-hybridized carbons (Fsp3) is 0.643. The van der Waals surface area contributed by atoms with E-state index in [1.165, 1.54) is 0 Å². The van der Waals surface area contributed by atoms with Crippen LogP contribution in [-0.2, 0) is 9.53 Å². The van der Waals surface area contributed by atoms with Crippen LogP contribution in [0.2, 0.25) is 0 Å². The van der Waals surface area contributed by atoms with Crippen LogP contribution in [0.3, 0.4) is 0 Å². The number of rotatable bonds is 4. The van der Waals surface area contributed by atoms with E-state index in [9.17, 15) is 9.59 Å². The van der Waals surface area contributed by atoms with Gasteiger partial charge >= 0.3 is 5.97 Å². The lowest BCUT2D eigenvalue weighted by Crippen LogP contribution is -2.39. The Bertz CT molecular complexity index is 518. The summed E-state index contributed by atoms with van der Waals surface area (Å²) in [4.78, 5) is 23.8. The predicted molar refractivity (Wildman–Crippen MR) is 77.6 cm³/mol. The van der Waals surface area contributed by atoms with Gasteiger partial charge in [-0.2, -0.15) is 5.10 Å². The molecule has 0 spiro atoms. The fourth-order valence-electron chi connectivity index (χ4n) is 2.60. The Morgan fingerprint density at radius 3 is 2.57 bits per heavy atom. The number of nitrogens with one attached hydrogen (secondary N) is 2. The molecule has 0 aliphatic heterocycles. The highest BCUT2D eigenvalue weighted by molar-refractivity contribution is 5.97. The number of carbonyl (C=O) groups is 2. The van der Waals surface area contributed by atoms with Gasteiger partial charge in [0.2, 0.25) is 0 Å². The lowest BCUT2D eigenvalue weighted by Gasteiger charge is -2.27. The van der Waals surface area contributed by atoms with E-state index in [-0.39, 0.29) is 29.5 Å². The molecule has 1 heterocycles. The molecule has 1 aromatic heterocycles. The number of nitrogens with two attached hydrogens (primary N) is 1. The van der Waals surface area contributed by atoms with Crippen LogP contribution < -0.4 is 11.1 Å². The Hall–Kier alpha value is -2.05. The minimum absolute atomic E-state index is 0.0456. The van der Waals surface area contributed by atoms with E-state index in [1.807, 2.05) is 0 Å². The molecule has 7 nitrogen and oxygen atoms in total. The molecular weight excluding hydrogens is 272 g/mol. The molecule has 0 radical (unpaired) electrons. The highest BCUT2D eigenvalue weighted by atomic mass is 16.5. The van der Waals surface area contributed by atoms with Gasteiger partial charge in [0.25, 0.3) is 5.91 Å². The maximum atomic E-state index is 12.1. The highest BCUT2D eigenvalue weighted by Gasteiger charge is 2.28. The Balaban J connectivity index is 1.85. The van der Waals surface area contributed by atoms with Gasteiger partial charge in [-0.3, -0.25) is 14.7 Å². The van der Waals surface area contributed by atoms with Crippen molar-refractivity contribution in [2.45, 2.75) is 45.6 Å². The van der Waals surface area contributed by atoms with E-state index in [4.69, 9.17) is 10.5 Å². The number of nitrogens with zero attached hydrogens (tertiary/aromatic N) is 1. The summed E-state index contributed by atoms with van der Waals surface area (Å²) >= 11 is 0. The van der Waals surface area contributed by atoms with Crippen molar-refractivity contribution >= 4 is 17.6 Å². The summed E-state index contributed by atoms with van der Waals surface area (Å²) in [6.07, 6.45) is 2.99. The van der Waals surface area contributed by atoms with Crippen molar-refractivity contribution in [3.8, 4) is 0 Å². The molecule has 1 aromatic rings. The van der Waals surface area contributed by atoms with E-state index in [0.717, 1.165) is 25.7 Å². The highest BCUT2D eigenvalue weighted by Crippen LogP contribution is 2.25. The Kier molecular flexibility index (Phi) is 4.82. The standard InChI is InChI=1S/C14H22N4O3/c1-3-21-14(20)9-4-6-10(7-5-9)16-13(19)12-11(15)8(2)17-18-12/h9-10H,3-7,15H2,1-2H3,(H,16,19)(H,17,18). The molecule has 21 heavy (non-hydrogen) atoms. The number of anilines is 1. The summed E-state index contributed by atoms with van der Waals surface area (Å²) in [7, 11) is 0. The first-order valence-electron chi connectivity index (χ1n) is 7.30. The minimum Gasteiger partial charge on any atom is -0.466 e. The van der Waals surface area contributed by atoms with Crippen LogP contribution in [0.5, 0.6) is 0 Å². The van der Waals surface area contributed by atoms with Crippen molar-refractivity contribution in [2.75, 3.05) is 12.3 Å². The maximum Gasteiger partial charge on any atom is 0.308 e. The van der Waals surface area contributed by atoms with E-state index in [0.29, 0.717) is 18.0 Å². The quantitative estimate of drug-likeness (QED) is 0.722. The average Bonchev–Trinajstić information content (AvgIpc) is 2.80. The number of hydrogen-bond donors (Lipinski definition) is 3. The van der Waals surface area contributed by atoms with Gasteiger partial charge < -0.3 is 15.8 Å². The Morgan fingerprint density at radius 2 is 2.05 bits per heavy atom. The number of ether oxygens (including phenoxy) is 1. The molecule has 1 saturated carbocycles. The van der Waals surface area contributed by atoms with Crippen molar-refractivity contribution in [1.82, 2.24) is 15.5 Å². The summed E-state index contributed by atoms with van der Waals surface area (Å²) < 4.78 is 5.03. The normalized spacial score (nSPS) is 21.8. The molecular formula is C14H22N4O3. The van der Waals surface area contributed by atoms with Crippen molar-refractivity contribution in [3.63, 3.8) is 0 Å². The van der Waals surface area contributed by atoms with Crippen LogP contribution in [-0.4, -0.2) is 34.7 Å². The maximum absolute atomic E-state index is 12.1. The first-order chi connectivity index (χ1) is 10.0. The smallest absolute Gasteiger partial charge is 0.308 e. The van der Waals surface area contributed by atoms with Gasteiger partial charge in [-0.15, -0.1) is 0 Å². The minimum atomic E-state index is -0.267. The van der Waals surface area contributed by atoms with Gasteiger partial charge in [0.1, 0.15) is 0 Å². The molecule has 0 aromatic carbocycles. The Morgan fingerprint density at radius 1 is 1.38 bits per heavy atom. The third kappa shape index (κ3) is 3.53. The number of aryl methyl sites for hydroxylation is 1. The number of hydrogen-bond acceptors (Lipinski definition) is 5. The van der Waals surface area contributed by atoms with Gasteiger partial charge in [-0.1, -0.05) is 0 Å². The second kappa shape index (κ2) is 6.60. The molecule has 4 N–H and O–H groups in total. The summed E-state index contributed by atoms with van der Waals surface area (Å²) in [5, 5.41) is 9.53. The molecule has 0 unspecified atom stereocenters. The van der Waals surface area contributed by atoms with Gasteiger partial charge in [0.15, 0.2) is 5.69 Å². The van der Waals surface area contributed by atoms with Crippen LogP contribution in [0, 0.1) is 12.8 Å². The number of aromatic amines is 1. The van der Waals surface area contributed by atoms with Gasteiger partial charge in [0, 0.05) is 6.04 Å². The van der Waals surface area contributed by atoms with E-state index >= 15 is 0 Å². The van der Waals surface area contributed by atoms with Crippen molar-refractivity contribution in [2.24, 2.45) is 5.92 Å². The van der Waals surface area contributed by atoms with Crippen molar-refractivity contribution in [3.05, 3.63) is 11.4 Å². The van der Waals surface area contributed by atoms with Gasteiger partial charge in [-0.05, 0) is 39.5 Å². The van der Waals surface area contributed by atoms with Crippen LogP contribution in [0.4, 0.5) is 5.69 Å². The number of carbonyl (C=O) groups excluding carboxylic acids is 2. The third-order valence-corrected chi connectivity index (χ3v) is 3.89. The molecule has 116 valence electrons. The molecule has 1 amide bonds. The first-order valence-corrected chi connectivity index (χ1v) is 7.30. The van der Waals surface area contributed by atoms with E-state index in [1.54, 1.807) is 13.8 Å². The van der Waals surface area contributed by atoms with E-state index < -0.39 is 0 Å². The zero-order valence-electron chi connectivity index (χ0n) is 12.4. The zero-order chi connectivity index (χ0) is 15.4. The van der Waals surface area contributed by atoms with Crippen molar-refractivity contribution in [1.29, 1.82) is 0 Å². The molecule has 0 saturated heterocycles. The van der Waals surface area contributed by atoms with Crippen molar-refractivity contribution < 1.29 is 14.3 Å². The molecule has 1 aliphatic rings. The second-order valence-electron chi connectivity index (χ2n) is 5.38. The molecule has 7 heteroatoms. The number of aromatic nitrogens is 2. The van der Waals surface area contributed by atoms with Gasteiger partial charge in [-0.25, -0.2) is 0 Å². The Labute approximate surface area is 123 Å². The second-order valence-corrected chi connectivity index (χ2v) is 5.38. The first kappa shape index (κ1) is 15.3. The zero-order valence-corrected chi connectivity index (χ0v) is 12.4. The number of esters is 1. The molecule has 0 bridgehead atoms. The van der Waals surface area contributed by atoms with Crippen LogP contribution in [0.25, 0.3) is 0 Å². The fourth-order valence-corrected chi connectivity index (χ4v) is 2.60. The number of amides is 1.